The first kappa shape index (κ1) is 16.1. The third-order valence-electron chi connectivity index (χ3n) is 2.96. The minimum Gasteiger partial charge on any atom is -0.496 e. The van der Waals surface area contributed by atoms with Crippen molar-refractivity contribution >= 4 is 15.9 Å². The van der Waals surface area contributed by atoms with Crippen molar-refractivity contribution in [1.82, 2.24) is 5.32 Å². The van der Waals surface area contributed by atoms with Crippen molar-refractivity contribution in [2.45, 2.75) is 11.5 Å². The molecule has 0 fully saturated rings. The molecule has 1 aromatic heterocycles. The Kier molecular flexibility index (Phi) is 4.84. The minimum absolute atomic E-state index is 0.107. The Morgan fingerprint density at radius 2 is 2.00 bits per heavy atom. The molecule has 118 valence electrons. The maximum atomic E-state index is 11.9. The highest BCUT2D eigenvalue weighted by molar-refractivity contribution is 7.89. The molecule has 2 rings (SSSR count). The van der Waals surface area contributed by atoms with Crippen LogP contribution in [0, 0.1) is 0 Å². The zero-order chi connectivity index (χ0) is 16.2. The topological polar surface area (TPSA) is 112 Å². The fourth-order valence-corrected chi connectivity index (χ4v) is 2.37. The number of benzene rings is 1. The lowest BCUT2D eigenvalue weighted by atomic mass is 10.1. The molecule has 0 aliphatic rings. The van der Waals surface area contributed by atoms with Crippen LogP contribution in [0.4, 0.5) is 0 Å². The number of primary sulfonamides is 1. The van der Waals surface area contributed by atoms with E-state index in [0.29, 0.717) is 13.0 Å². The summed E-state index contributed by atoms with van der Waals surface area (Å²) in [6.45, 7) is 0.352. The highest BCUT2D eigenvalue weighted by Crippen LogP contribution is 2.17. The molecular formula is C14H16N2O5S. The van der Waals surface area contributed by atoms with Gasteiger partial charge in [-0.1, -0.05) is 18.2 Å². The second-order valence-corrected chi connectivity index (χ2v) is 5.97. The van der Waals surface area contributed by atoms with E-state index in [-0.39, 0.29) is 5.76 Å². The van der Waals surface area contributed by atoms with Crippen LogP contribution >= 0.6 is 0 Å². The van der Waals surface area contributed by atoms with Gasteiger partial charge in [0.1, 0.15) is 5.75 Å². The second kappa shape index (κ2) is 6.63. The number of nitrogens with one attached hydrogen (secondary N) is 1. The van der Waals surface area contributed by atoms with Crippen molar-refractivity contribution in [3.05, 3.63) is 47.7 Å². The van der Waals surface area contributed by atoms with Crippen LogP contribution in [0.25, 0.3) is 0 Å². The third kappa shape index (κ3) is 3.86. The number of methoxy groups -OCH3 is 1. The number of rotatable bonds is 6. The minimum atomic E-state index is -3.95. The smallest absolute Gasteiger partial charge is 0.287 e. The number of amides is 1. The summed E-state index contributed by atoms with van der Waals surface area (Å²) >= 11 is 0. The van der Waals surface area contributed by atoms with E-state index in [0.717, 1.165) is 17.4 Å². The molecule has 3 N–H and O–H groups in total. The molecule has 7 nitrogen and oxygen atoms in total. The highest BCUT2D eigenvalue weighted by Gasteiger charge is 2.17. The van der Waals surface area contributed by atoms with Gasteiger partial charge in [0.25, 0.3) is 15.9 Å². The zero-order valence-corrected chi connectivity index (χ0v) is 12.7. The normalized spacial score (nSPS) is 11.2. The van der Waals surface area contributed by atoms with Gasteiger partial charge in [-0.3, -0.25) is 4.79 Å². The van der Waals surface area contributed by atoms with Crippen molar-refractivity contribution in [2.24, 2.45) is 5.14 Å². The van der Waals surface area contributed by atoms with Crippen molar-refractivity contribution in [1.29, 1.82) is 0 Å². The standard InChI is InChI=1S/C14H16N2O5S/c1-20-11-5-3-2-4-10(11)8-9-16-14(17)12-6-7-13(21-12)22(15,18)19/h2-7H,8-9H2,1H3,(H,16,17)(H2,15,18,19). The summed E-state index contributed by atoms with van der Waals surface area (Å²) < 4.78 is 32.3. The van der Waals surface area contributed by atoms with E-state index in [1.165, 1.54) is 6.07 Å². The van der Waals surface area contributed by atoms with Crippen LogP contribution < -0.4 is 15.2 Å². The predicted octanol–water partition coefficient (Wildman–Crippen LogP) is 0.908. The first-order chi connectivity index (χ1) is 10.4. The summed E-state index contributed by atoms with van der Waals surface area (Å²) in [7, 11) is -2.37. The van der Waals surface area contributed by atoms with Crippen molar-refractivity contribution in [3.63, 3.8) is 0 Å². The monoisotopic (exact) mass is 324 g/mol. The summed E-state index contributed by atoms with van der Waals surface area (Å²) in [5.74, 6) is 0.125. The van der Waals surface area contributed by atoms with E-state index in [1.807, 2.05) is 24.3 Å². The first-order valence-electron chi connectivity index (χ1n) is 6.44. The zero-order valence-electron chi connectivity index (χ0n) is 11.9. The Morgan fingerprint density at radius 3 is 2.64 bits per heavy atom. The molecular weight excluding hydrogens is 308 g/mol. The number of carbonyl (C=O) groups excluding carboxylic acids is 1. The molecule has 0 bridgehead atoms. The van der Waals surface area contributed by atoms with Gasteiger partial charge in [-0.25, -0.2) is 13.6 Å². The Morgan fingerprint density at radius 1 is 1.27 bits per heavy atom. The van der Waals surface area contributed by atoms with E-state index in [2.05, 4.69) is 5.32 Å². The van der Waals surface area contributed by atoms with Crippen molar-refractivity contribution < 1.29 is 22.4 Å². The molecule has 0 saturated carbocycles. The highest BCUT2D eigenvalue weighted by atomic mass is 32.2. The molecule has 1 aromatic carbocycles. The summed E-state index contributed by atoms with van der Waals surface area (Å²) in [6, 6.07) is 9.88. The van der Waals surface area contributed by atoms with Crippen LogP contribution in [0.3, 0.4) is 0 Å². The number of hydrogen-bond donors (Lipinski definition) is 2. The number of ether oxygens (including phenoxy) is 1. The summed E-state index contributed by atoms with van der Waals surface area (Å²) in [6.07, 6.45) is 0.568. The Labute approximate surface area is 128 Å². The molecule has 0 atom stereocenters. The van der Waals surface area contributed by atoms with Crippen LogP contribution in [-0.4, -0.2) is 28.0 Å². The molecule has 1 heterocycles. The van der Waals surface area contributed by atoms with Gasteiger partial charge in [-0.2, -0.15) is 0 Å². The van der Waals surface area contributed by atoms with Crippen LogP contribution in [-0.2, 0) is 16.4 Å². The largest absolute Gasteiger partial charge is 0.496 e. The van der Waals surface area contributed by atoms with Gasteiger partial charge >= 0.3 is 0 Å². The number of furan rings is 1. The van der Waals surface area contributed by atoms with Crippen LogP contribution in [0.1, 0.15) is 16.1 Å². The summed E-state index contributed by atoms with van der Waals surface area (Å²) in [5.41, 5.74) is 0.954. The van der Waals surface area contributed by atoms with Crippen molar-refractivity contribution in [2.75, 3.05) is 13.7 Å². The predicted molar refractivity (Wildman–Crippen MR) is 79.1 cm³/mol. The van der Waals surface area contributed by atoms with Gasteiger partial charge in [-0.05, 0) is 30.2 Å². The molecule has 22 heavy (non-hydrogen) atoms. The van der Waals surface area contributed by atoms with E-state index in [9.17, 15) is 13.2 Å². The van der Waals surface area contributed by atoms with Crippen LogP contribution in [0.5, 0.6) is 5.75 Å². The maximum absolute atomic E-state index is 11.9. The molecule has 0 spiro atoms. The Balaban J connectivity index is 1.94. The van der Waals surface area contributed by atoms with E-state index < -0.39 is 21.0 Å². The van der Waals surface area contributed by atoms with E-state index in [1.54, 1.807) is 7.11 Å². The fraction of sp³-hybridized carbons (Fsp3) is 0.214. The lowest BCUT2D eigenvalue weighted by Crippen LogP contribution is -2.25. The molecule has 0 radical (unpaired) electrons. The van der Waals surface area contributed by atoms with Crippen LogP contribution in [0.2, 0.25) is 0 Å². The van der Waals surface area contributed by atoms with Gasteiger partial charge in [0, 0.05) is 6.54 Å². The van der Waals surface area contributed by atoms with E-state index >= 15 is 0 Å². The van der Waals surface area contributed by atoms with E-state index in [4.69, 9.17) is 14.3 Å². The van der Waals surface area contributed by atoms with Gasteiger partial charge in [-0.15, -0.1) is 0 Å². The molecule has 8 heteroatoms. The average Bonchev–Trinajstić information content (AvgIpc) is 2.97. The number of nitrogens with two attached hydrogens (primary N) is 1. The third-order valence-corrected chi connectivity index (χ3v) is 3.74. The Bertz CT molecular complexity index is 767. The number of carbonyl (C=O) groups is 1. The molecule has 2 aromatic rings. The number of para-hydroxylation sites is 1. The maximum Gasteiger partial charge on any atom is 0.287 e. The summed E-state index contributed by atoms with van der Waals surface area (Å²) in [5, 5.41) is 7.11. The number of sulfonamides is 1. The molecule has 0 aliphatic heterocycles. The van der Waals surface area contributed by atoms with Gasteiger partial charge < -0.3 is 14.5 Å². The lowest BCUT2D eigenvalue weighted by molar-refractivity contribution is 0.0921. The van der Waals surface area contributed by atoms with Gasteiger partial charge in [0.2, 0.25) is 5.09 Å². The average molecular weight is 324 g/mol. The van der Waals surface area contributed by atoms with Gasteiger partial charge in [0.05, 0.1) is 7.11 Å². The molecule has 1 amide bonds. The summed E-state index contributed by atoms with van der Waals surface area (Å²) in [4.78, 5) is 11.9. The molecule has 0 unspecified atom stereocenters. The molecule has 0 saturated heterocycles. The first-order valence-corrected chi connectivity index (χ1v) is 7.99. The quantitative estimate of drug-likeness (QED) is 0.820. The number of hydrogen-bond acceptors (Lipinski definition) is 5. The van der Waals surface area contributed by atoms with Crippen molar-refractivity contribution in [3.8, 4) is 5.75 Å². The second-order valence-electron chi connectivity index (χ2n) is 4.48. The fourth-order valence-electron chi connectivity index (χ4n) is 1.90. The SMILES string of the molecule is COc1ccccc1CCNC(=O)c1ccc(S(N)(=O)=O)o1. The van der Waals surface area contributed by atoms with Gasteiger partial charge in [0.15, 0.2) is 5.76 Å². The van der Waals surface area contributed by atoms with Crippen LogP contribution in [0.15, 0.2) is 45.9 Å². The Hall–Kier alpha value is -2.32. The lowest BCUT2D eigenvalue weighted by Gasteiger charge is -2.08. The molecule has 0 aliphatic carbocycles.